The van der Waals surface area contributed by atoms with E-state index in [1.54, 1.807) is 0 Å². The zero-order chi connectivity index (χ0) is 15.0. The monoisotopic (exact) mass is 320 g/mol. The van der Waals surface area contributed by atoms with Crippen LogP contribution in [-0.4, -0.2) is 34.2 Å². The Morgan fingerprint density at radius 2 is 2.00 bits per heavy atom. The Balaban J connectivity index is 2.48. The van der Waals surface area contributed by atoms with Crippen LogP contribution in [0.1, 0.15) is 30.1 Å². The van der Waals surface area contributed by atoms with Crippen LogP contribution in [0.3, 0.4) is 0 Å². The highest BCUT2D eigenvalue weighted by molar-refractivity contribution is 8.13. The second-order valence-electron chi connectivity index (χ2n) is 4.07. The van der Waals surface area contributed by atoms with Crippen LogP contribution in [-0.2, 0) is 18.5 Å². The minimum atomic E-state index is -3.85. The summed E-state index contributed by atoms with van der Waals surface area (Å²) in [7, 11) is 1.36. The molecule has 5 nitrogen and oxygen atoms in total. The number of benzene rings is 1. The van der Waals surface area contributed by atoms with E-state index >= 15 is 0 Å². The van der Waals surface area contributed by atoms with Gasteiger partial charge < -0.3 is 9.47 Å². The number of esters is 1. The Morgan fingerprint density at radius 1 is 1.25 bits per heavy atom. The smallest absolute Gasteiger partial charge is 0.338 e. The Hall–Kier alpha value is -1.11. The molecular weight excluding hydrogens is 304 g/mol. The Labute approximate surface area is 123 Å². The highest BCUT2D eigenvalue weighted by atomic mass is 35.7. The summed E-state index contributed by atoms with van der Waals surface area (Å²) in [5.74, 6) is -0.605. The number of halogens is 1. The van der Waals surface area contributed by atoms with Gasteiger partial charge in [0, 0.05) is 17.3 Å². The van der Waals surface area contributed by atoms with Crippen LogP contribution < -0.4 is 0 Å². The molecule has 0 bridgehead atoms. The van der Waals surface area contributed by atoms with E-state index in [2.05, 4.69) is 6.92 Å². The minimum Gasteiger partial charge on any atom is -0.460 e. The maximum atomic E-state index is 11.7. The second kappa shape index (κ2) is 8.24. The van der Waals surface area contributed by atoms with Crippen molar-refractivity contribution in [2.75, 3.05) is 19.8 Å². The largest absolute Gasteiger partial charge is 0.460 e. The lowest BCUT2D eigenvalue weighted by Crippen LogP contribution is -2.11. The lowest BCUT2D eigenvalue weighted by atomic mass is 10.2. The van der Waals surface area contributed by atoms with Crippen LogP contribution in [0.25, 0.3) is 0 Å². The van der Waals surface area contributed by atoms with Gasteiger partial charge in [-0.15, -0.1) is 0 Å². The van der Waals surface area contributed by atoms with Gasteiger partial charge in [-0.25, -0.2) is 13.2 Å². The van der Waals surface area contributed by atoms with Crippen LogP contribution in [0, 0.1) is 0 Å². The standard InChI is InChI=1S/C13H17ClO5S/c1-2-3-7-18-8-9-19-13(15)11-5-4-6-12(10-11)20(14,16)17/h4-6,10H,2-3,7-9H2,1H3. The van der Waals surface area contributed by atoms with E-state index in [0.29, 0.717) is 13.2 Å². The number of carbonyl (C=O) groups is 1. The Bertz CT molecular complexity index is 541. The van der Waals surface area contributed by atoms with E-state index in [9.17, 15) is 13.2 Å². The molecule has 20 heavy (non-hydrogen) atoms. The highest BCUT2D eigenvalue weighted by Gasteiger charge is 2.14. The topological polar surface area (TPSA) is 69.7 Å². The van der Waals surface area contributed by atoms with E-state index in [1.165, 1.54) is 24.3 Å². The summed E-state index contributed by atoms with van der Waals surface area (Å²) in [4.78, 5) is 11.6. The molecule has 1 rings (SSSR count). The maximum Gasteiger partial charge on any atom is 0.338 e. The molecule has 0 saturated heterocycles. The number of hydrogen-bond donors (Lipinski definition) is 0. The molecule has 0 heterocycles. The van der Waals surface area contributed by atoms with Gasteiger partial charge in [-0.3, -0.25) is 0 Å². The predicted octanol–water partition coefficient (Wildman–Crippen LogP) is 2.59. The van der Waals surface area contributed by atoms with E-state index < -0.39 is 15.0 Å². The normalized spacial score (nSPS) is 11.3. The minimum absolute atomic E-state index is 0.125. The Morgan fingerprint density at radius 3 is 2.65 bits per heavy atom. The molecule has 0 saturated carbocycles. The zero-order valence-corrected chi connectivity index (χ0v) is 12.7. The molecule has 0 radical (unpaired) electrons. The first-order valence-corrected chi connectivity index (χ1v) is 8.55. The highest BCUT2D eigenvalue weighted by Crippen LogP contribution is 2.16. The van der Waals surface area contributed by atoms with Crippen LogP contribution in [0.2, 0.25) is 0 Å². The average molecular weight is 321 g/mol. The fourth-order valence-corrected chi connectivity index (χ4v) is 2.20. The first kappa shape index (κ1) is 16.9. The molecule has 0 spiro atoms. The summed E-state index contributed by atoms with van der Waals surface area (Å²) in [6, 6.07) is 5.39. The van der Waals surface area contributed by atoms with Gasteiger partial charge in [0.05, 0.1) is 17.1 Å². The lowest BCUT2D eigenvalue weighted by molar-refractivity contribution is 0.0313. The molecule has 0 aliphatic carbocycles. The number of unbranched alkanes of at least 4 members (excludes halogenated alkanes) is 1. The molecule has 1 aromatic carbocycles. The summed E-state index contributed by atoms with van der Waals surface area (Å²) in [6.45, 7) is 3.13. The molecule has 7 heteroatoms. The average Bonchev–Trinajstić information content (AvgIpc) is 2.41. The zero-order valence-electron chi connectivity index (χ0n) is 11.2. The summed E-state index contributed by atoms with van der Waals surface area (Å²) >= 11 is 0. The molecule has 0 fully saturated rings. The molecular formula is C13H17ClO5S. The van der Waals surface area contributed by atoms with Gasteiger partial charge in [0.1, 0.15) is 6.61 Å². The number of rotatable bonds is 8. The van der Waals surface area contributed by atoms with Crippen molar-refractivity contribution in [3.05, 3.63) is 29.8 Å². The summed E-state index contributed by atoms with van der Waals surface area (Å²) < 4.78 is 32.5. The van der Waals surface area contributed by atoms with Crippen molar-refractivity contribution in [3.8, 4) is 0 Å². The van der Waals surface area contributed by atoms with Crippen molar-refractivity contribution in [1.29, 1.82) is 0 Å². The fraction of sp³-hybridized carbons (Fsp3) is 0.462. The number of ether oxygens (including phenoxy) is 2. The third kappa shape index (κ3) is 5.90. The molecule has 112 valence electrons. The van der Waals surface area contributed by atoms with Crippen LogP contribution in [0.15, 0.2) is 29.2 Å². The van der Waals surface area contributed by atoms with Gasteiger partial charge >= 0.3 is 5.97 Å². The van der Waals surface area contributed by atoms with E-state index in [-0.39, 0.29) is 17.1 Å². The molecule has 0 unspecified atom stereocenters. The second-order valence-corrected chi connectivity index (χ2v) is 6.63. The molecule has 0 N–H and O–H groups in total. The Kier molecular flexibility index (Phi) is 6.98. The van der Waals surface area contributed by atoms with Gasteiger partial charge in [-0.05, 0) is 24.6 Å². The van der Waals surface area contributed by atoms with Crippen molar-refractivity contribution in [2.24, 2.45) is 0 Å². The van der Waals surface area contributed by atoms with E-state index in [0.717, 1.165) is 12.8 Å². The third-order valence-corrected chi connectivity index (χ3v) is 3.81. The molecule has 0 aromatic heterocycles. The molecule has 0 atom stereocenters. The van der Waals surface area contributed by atoms with Gasteiger partial charge in [-0.1, -0.05) is 19.4 Å². The van der Waals surface area contributed by atoms with Crippen molar-refractivity contribution in [2.45, 2.75) is 24.7 Å². The molecule has 0 aliphatic heterocycles. The first-order valence-electron chi connectivity index (χ1n) is 6.24. The molecule has 0 amide bonds. The van der Waals surface area contributed by atoms with Crippen molar-refractivity contribution >= 4 is 25.7 Å². The van der Waals surface area contributed by atoms with Crippen molar-refractivity contribution < 1.29 is 22.7 Å². The van der Waals surface area contributed by atoms with E-state index in [1.807, 2.05) is 0 Å². The molecule has 1 aromatic rings. The van der Waals surface area contributed by atoms with E-state index in [4.69, 9.17) is 20.2 Å². The SMILES string of the molecule is CCCCOCCOC(=O)c1cccc(S(=O)(=O)Cl)c1. The summed E-state index contributed by atoms with van der Waals surface area (Å²) in [5.41, 5.74) is 0.139. The fourth-order valence-electron chi connectivity index (χ4n) is 1.40. The molecule has 0 aliphatic rings. The maximum absolute atomic E-state index is 11.7. The van der Waals surface area contributed by atoms with Gasteiger partial charge in [0.15, 0.2) is 0 Å². The summed E-state index contributed by atoms with van der Waals surface area (Å²) in [6.07, 6.45) is 2.00. The van der Waals surface area contributed by atoms with Crippen LogP contribution in [0.4, 0.5) is 0 Å². The predicted molar refractivity (Wildman–Crippen MR) is 75.5 cm³/mol. The lowest BCUT2D eigenvalue weighted by Gasteiger charge is -2.06. The number of hydrogen-bond acceptors (Lipinski definition) is 5. The summed E-state index contributed by atoms with van der Waals surface area (Å²) in [5, 5.41) is 0. The van der Waals surface area contributed by atoms with Gasteiger partial charge in [-0.2, -0.15) is 0 Å². The van der Waals surface area contributed by atoms with Gasteiger partial charge in [0.25, 0.3) is 9.05 Å². The number of carbonyl (C=O) groups excluding carboxylic acids is 1. The van der Waals surface area contributed by atoms with Crippen molar-refractivity contribution in [1.82, 2.24) is 0 Å². The first-order chi connectivity index (χ1) is 9.45. The van der Waals surface area contributed by atoms with Crippen molar-refractivity contribution in [3.63, 3.8) is 0 Å². The quantitative estimate of drug-likeness (QED) is 0.418. The van der Waals surface area contributed by atoms with Gasteiger partial charge in [0.2, 0.25) is 0 Å². The van der Waals surface area contributed by atoms with Crippen LogP contribution in [0.5, 0.6) is 0 Å². The third-order valence-electron chi connectivity index (χ3n) is 2.45. The van der Waals surface area contributed by atoms with Crippen LogP contribution >= 0.6 is 10.7 Å².